The number of allylic oxidation sites excluding steroid dienone is 1. The second-order valence-electron chi connectivity index (χ2n) is 5.85. The molecule has 3 rings (SSSR count). The maximum atomic E-state index is 9.61. The molecule has 0 saturated heterocycles. The summed E-state index contributed by atoms with van der Waals surface area (Å²) in [6.07, 6.45) is 1.79. The van der Waals surface area contributed by atoms with Gasteiger partial charge in [0.1, 0.15) is 18.1 Å². The predicted molar refractivity (Wildman–Crippen MR) is 109 cm³/mol. The maximum absolute atomic E-state index is 9.61. The fourth-order valence-electron chi connectivity index (χ4n) is 2.61. The molecule has 4 heteroatoms. The zero-order valence-corrected chi connectivity index (χ0v) is 15.6. The van der Waals surface area contributed by atoms with Crippen LogP contribution in [0.1, 0.15) is 16.7 Å². The number of nitrogens with zero attached hydrogens (tertiary/aromatic N) is 1. The number of ether oxygens (including phenoxy) is 2. The summed E-state index contributed by atoms with van der Waals surface area (Å²) < 4.78 is 11.1. The minimum Gasteiger partial charge on any atom is -0.497 e. The average molecular weight is 376 g/mol. The molecule has 3 nitrogen and oxygen atoms in total. The van der Waals surface area contributed by atoms with Gasteiger partial charge in [-0.1, -0.05) is 41.9 Å². The van der Waals surface area contributed by atoms with E-state index in [4.69, 9.17) is 21.1 Å². The average Bonchev–Trinajstić information content (AvgIpc) is 2.72. The van der Waals surface area contributed by atoms with Gasteiger partial charge >= 0.3 is 0 Å². The van der Waals surface area contributed by atoms with Gasteiger partial charge < -0.3 is 9.47 Å². The van der Waals surface area contributed by atoms with E-state index in [9.17, 15) is 5.26 Å². The van der Waals surface area contributed by atoms with E-state index in [0.717, 1.165) is 22.4 Å². The third-order valence-corrected chi connectivity index (χ3v) is 4.27. The van der Waals surface area contributed by atoms with Crippen molar-refractivity contribution >= 4 is 23.3 Å². The quantitative estimate of drug-likeness (QED) is 0.392. The lowest BCUT2D eigenvalue weighted by Crippen LogP contribution is -1.97. The van der Waals surface area contributed by atoms with Crippen LogP contribution in [0, 0.1) is 11.3 Å². The van der Waals surface area contributed by atoms with Crippen molar-refractivity contribution in [2.45, 2.75) is 6.61 Å². The highest BCUT2D eigenvalue weighted by Crippen LogP contribution is 2.29. The van der Waals surface area contributed by atoms with Crippen LogP contribution >= 0.6 is 11.6 Å². The van der Waals surface area contributed by atoms with E-state index in [1.807, 2.05) is 60.7 Å². The van der Waals surface area contributed by atoms with Crippen molar-refractivity contribution < 1.29 is 9.47 Å². The summed E-state index contributed by atoms with van der Waals surface area (Å²) in [5.41, 5.74) is 3.14. The fourth-order valence-corrected chi connectivity index (χ4v) is 2.79. The summed E-state index contributed by atoms with van der Waals surface area (Å²) in [6, 6.07) is 24.9. The van der Waals surface area contributed by atoms with Crippen molar-refractivity contribution in [2.24, 2.45) is 0 Å². The van der Waals surface area contributed by atoms with E-state index in [-0.39, 0.29) is 0 Å². The van der Waals surface area contributed by atoms with E-state index in [1.54, 1.807) is 25.3 Å². The number of benzene rings is 3. The number of methoxy groups -OCH3 is 1. The summed E-state index contributed by atoms with van der Waals surface area (Å²) in [7, 11) is 1.61. The van der Waals surface area contributed by atoms with Gasteiger partial charge in [-0.2, -0.15) is 5.26 Å². The molecule has 0 radical (unpaired) electrons. The maximum Gasteiger partial charge on any atom is 0.127 e. The van der Waals surface area contributed by atoms with Gasteiger partial charge in [0, 0.05) is 10.6 Å². The van der Waals surface area contributed by atoms with Crippen molar-refractivity contribution in [2.75, 3.05) is 7.11 Å². The number of hydrogen-bond acceptors (Lipinski definition) is 3. The smallest absolute Gasteiger partial charge is 0.127 e. The minimum absolute atomic E-state index is 0.438. The molecule has 0 spiro atoms. The Morgan fingerprint density at radius 3 is 2.44 bits per heavy atom. The second kappa shape index (κ2) is 8.93. The zero-order valence-electron chi connectivity index (χ0n) is 14.9. The molecule has 27 heavy (non-hydrogen) atoms. The van der Waals surface area contributed by atoms with Crippen molar-refractivity contribution in [1.82, 2.24) is 0 Å². The molecule has 0 amide bonds. The van der Waals surface area contributed by atoms with E-state index >= 15 is 0 Å². The van der Waals surface area contributed by atoms with Gasteiger partial charge in [0.25, 0.3) is 0 Å². The van der Waals surface area contributed by atoms with Crippen molar-refractivity contribution in [3.8, 4) is 17.6 Å². The Kier molecular flexibility index (Phi) is 6.14. The molecule has 0 aromatic heterocycles. The third-order valence-electron chi connectivity index (χ3n) is 4.03. The van der Waals surface area contributed by atoms with Gasteiger partial charge in [-0.05, 0) is 59.7 Å². The molecule has 0 bridgehead atoms. The summed E-state index contributed by atoms with van der Waals surface area (Å²) in [5.74, 6) is 1.41. The Morgan fingerprint density at radius 1 is 1.04 bits per heavy atom. The first kappa shape index (κ1) is 18.6. The standard InChI is InChI=1S/C23H18ClNO2/c1-26-22-10-7-18(8-11-22)20(15-25)13-19-14-21(24)9-12-23(19)27-16-17-5-3-2-4-6-17/h2-14H,16H2,1H3/b20-13+. The van der Waals surface area contributed by atoms with Gasteiger partial charge in [-0.15, -0.1) is 0 Å². The molecule has 0 unspecified atom stereocenters. The highest BCUT2D eigenvalue weighted by Gasteiger charge is 2.07. The topological polar surface area (TPSA) is 42.2 Å². The number of nitriles is 1. The highest BCUT2D eigenvalue weighted by atomic mass is 35.5. The predicted octanol–water partition coefficient (Wildman–Crippen LogP) is 5.99. The largest absolute Gasteiger partial charge is 0.497 e. The van der Waals surface area contributed by atoms with E-state index in [0.29, 0.717) is 23.0 Å². The highest BCUT2D eigenvalue weighted by molar-refractivity contribution is 6.30. The molecule has 0 N–H and O–H groups in total. The first-order valence-corrected chi connectivity index (χ1v) is 8.80. The van der Waals surface area contributed by atoms with Crippen molar-refractivity contribution in [1.29, 1.82) is 5.26 Å². The third kappa shape index (κ3) is 4.91. The molecular weight excluding hydrogens is 358 g/mol. The first-order chi connectivity index (χ1) is 13.2. The molecule has 3 aromatic rings. The Bertz CT molecular complexity index is 974. The van der Waals surface area contributed by atoms with Crippen LogP contribution < -0.4 is 9.47 Å². The van der Waals surface area contributed by atoms with Crippen LogP contribution in [0.25, 0.3) is 11.6 Å². The molecule has 0 fully saturated rings. The number of halogens is 1. The van der Waals surface area contributed by atoms with Gasteiger partial charge in [-0.3, -0.25) is 0 Å². The Morgan fingerprint density at radius 2 is 1.78 bits per heavy atom. The second-order valence-corrected chi connectivity index (χ2v) is 6.29. The zero-order chi connectivity index (χ0) is 19.1. The number of rotatable bonds is 6. The summed E-state index contributed by atoms with van der Waals surface area (Å²) in [5, 5.41) is 10.2. The van der Waals surface area contributed by atoms with E-state index in [1.165, 1.54) is 0 Å². The summed E-state index contributed by atoms with van der Waals surface area (Å²) >= 11 is 6.16. The Labute approximate surface area is 164 Å². The van der Waals surface area contributed by atoms with Gasteiger partial charge in [0.05, 0.1) is 18.8 Å². The van der Waals surface area contributed by atoms with Gasteiger partial charge in [0.15, 0.2) is 0 Å². The fraction of sp³-hybridized carbons (Fsp3) is 0.0870. The Balaban J connectivity index is 1.90. The lowest BCUT2D eigenvalue weighted by molar-refractivity contribution is 0.305. The molecule has 134 valence electrons. The van der Waals surface area contributed by atoms with Gasteiger partial charge in [0.2, 0.25) is 0 Å². The van der Waals surface area contributed by atoms with Crippen LogP contribution in [0.2, 0.25) is 5.02 Å². The molecule has 0 aliphatic rings. The molecule has 0 aliphatic carbocycles. The van der Waals surface area contributed by atoms with E-state index in [2.05, 4.69) is 6.07 Å². The van der Waals surface area contributed by atoms with Crippen LogP contribution in [-0.4, -0.2) is 7.11 Å². The van der Waals surface area contributed by atoms with Crippen molar-refractivity contribution in [3.05, 3.63) is 94.5 Å². The Hall–Kier alpha value is -3.22. The van der Waals surface area contributed by atoms with Gasteiger partial charge in [-0.25, -0.2) is 0 Å². The first-order valence-electron chi connectivity index (χ1n) is 8.42. The monoisotopic (exact) mass is 375 g/mol. The van der Waals surface area contributed by atoms with Crippen molar-refractivity contribution in [3.63, 3.8) is 0 Å². The van der Waals surface area contributed by atoms with Crippen LogP contribution in [0.4, 0.5) is 0 Å². The molecule has 0 heterocycles. The summed E-state index contributed by atoms with van der Waals surface area (Å²) in [4.78, 5) is 0. The normalized spacial score (nSPS) is 10.9. The van der Waals surface area contributed by atoms with E-state index < -0.39 is 0 Å². The van der Waals surface area contributed by atoms with Crippen LogP contribution in [0.15, 0.2) is 72.8 Å². The lowest BCUT2D eigenvalue weighted by atomic mass is 10.0. The lowest BCUT2D eigenvalue weighted by Gasteiger charge is -2.11. The van der Waals surface area contributed by atoms with Crippen LogP contribution in [0.5, 0.6) is 11.5 Å². The minimum atomic E-state index is 0.438. The van der Waals surface area contributed by atoms with Crippen LogP contribution in [0.3, 0.4) is 0 Å². The molecule has 0 aliphatic heterocycles. The molecular formula is C23H18ClNO2. The molecule has 3 aromatic carbocycles. The van der Waals surface area contributed by atoms with Crippen LogP contribution in [-0.2, 0) is 6.61 Å². The molecule has 0 atom stereocenters. The number of hydrogen-bond donors (Lipinski definition) is 0. The molecule has 0 saturated carbocycles. The SMILES string of the molecule is COc1ccc(/C(C#N)=C/c2cc(Cl)ccc2OCc2ccccc2)cc1. The summed E-state index contributed by atoms with van der Waals surface area (Å²) in [6.45, 7) is 0.438.